The number of carbonyl (C=O) groups excluding carboxylic acids is 1. The van der Waals surface area contributed by atoms with Gasteiger partial charge in [0.05, 0.1) is 5.41 Å². The van der Waals surface area contributed by atoms with Crippen LogP contribution in [0.25, 0.3) is 10.9 Å². The lowest BCUT2D eigenvalue weighted by molar-refractivity contribution is -0.148. The monoisotopic (exact) mass is 417 g/mol. The molecule has 162 valence electrons. The van der Waals surface area contributed by atoms with E-state index in [9.17, 15) is 4.79 Å². The minimum Gasteiger partial charge on any atom is -0.361 e. The summed E-state index contributed by atoms with van der Waals surface area (Å²) in [6, 6.07) is 8.38. The molecule has 2 fully saturated rings. The SMILES string of the molecule is Cc1cc(C)nc(N2CCC3(CCCN(Cc4c[nH]c5c(C)cccc45)C3=O)CC2)n1. The van der Waals surface area contributed by atoms with Gasteiger partial charge in [0.1, 0.15) is 0 Å². The summed E-state index contributed by atoms with van der Waals surface area (Å²) < 4.78 is 0. The van der Waals surface area contributed by atoms with Crippen molar-refractivity contribution >= 4 is 22.8 Å². The van der Waals surface area contributed by atoms with Crippen molar-refractivity contribution < 1.29 is 4.79 Å². The Morgan fingerprint density at radius 2 is 1.77 bits per heavy atom. The summed E-state index contributed by atoms with van der Waals surface area (Å²) in [5, 5.41) is 1.23. The fraction of sp³-hybridized carbons (Fsp3) is 0.480. The van der Waals surface area contributed by atoms with Gasteiger partial charge in [-0.15, -0.1) is 0 Å². The first-order valence-electron chi connectivity index (χ1n) is 11.4. The zero-order valence-electron chi connectivity index (χ0n) is 18.7. The highest BCUT2D eigenvalue weighted by atomic mass is 16.2. The van der Waals surface area contributed by atoms with Crippen LogP contribution in [-0.2, 0) is 11.3 Å². The Labute approximate surface area is 183 Å². The number of hydrogen-bond acceptors (Lipinski definition) is 4. The Balaban J connectivity index is 1.32. The summed E-state index contributed by atoms with van der Waals surface area (Å²) in [5.74, 6) is 1.14. The fourth-order valence-electron chi connectivity index (χ4n) is 5.45. The Morgan fingerprint density at radius 1 is 1.03 bits per heavy atom. The van der Waals surface area contributed by atoms with E-state index in [-0.39, 0.29) is 5.41 Å². The molecule has 2 aromatic heterocycles. The second-order valence-corrected chi connectivity index (χ2v) is 9.36. The highest BCUT2D eigenvalue weighted by Crippen LogP contribution is 2.42. The van der Waals surface area contributed by atoms with Crippen LogP contribution in [0.15, 0.2) is 30.5 Å². The van der Waals surface area contributed by atoms with Crippen LogP contribution < -0.4 is 4.90 Å². The van der Waals surface area contributed by atoms with E-state index in [1.165, 1.54) is 22.0 Å². The van der Waals surface area contributed by atoms with Crippen molar-refractivity contribution in [1.29, 1.82) is 0 Å². The van der Waals surface area contributed by atoms with Gasteiger partial charge in [-0.1, -0.05) is 18.2 Å². The molecule has 6 heteroatoms. The average Bonchev–Trinajstić information content (AvgIpc) is 3.16. The summed E-state index contributed by atoms with van der Waals surface area (Å²) in [6.07, 6.45) is 5.91. The van der Waals surface area contributed by atoms with Gasteiger partial charge < -0.3 is 14.8 Å². The molecule has 6 nitrogen and oxygen atoms in total. The number of nitrogens with one attached hydrogen (secondary N) is 1. The highest BCUT2D eigenvalue weighted by molar-refractivity contribution is 5.87. The van der Waals surface area contributed by atoms with Crippen LogP contribution >= 0.6 is 0 Å². The molecule has 1 aromatic carbocycles. The number of anilines is 1. The van der Waals surface area contributed by atoms with Crippen molar-refractivity contribution in [1.82, 2.24) is 19.9 Å². The number of piperidine rings is 2. The largest absolute Gasteiger partial charge is 0.361 e. The molecule has 0 atom stereocenters. The van der Waals surface area contributed by atoms with Crippen molar-refractivity contribution in [3.8, 4) is 0 Å². The van der Waals surface area contributed by atoms with Gasteiger partial charge in [0.25, 0.3) is 0 Å². The number of benzene rings is 1. The molecule has 3 aromatic rings. The van der Waals surface area contributed by atoms with Gasteiger partial charge in [0, 0.05) is 54.7 Å². The van der Waals surface area contributed by atoms with Gasteiger partial charge in [-0.3, -0.25) is 4.79 Å². The number of nitrogens with zero attached hydrogens (tertiary/aromatic N) is 4. The van der Waals surface area contributed by atoms with E-state index in [1.54, 1.807) is 0 Å². The Bertz CT molecular complexity index is 1110. The van der Waals surface area contributed by atoms with E-state index in [4.69, 9.17) is 0 Å². The number of hydrogen-bond donors (Lipinski definition) is 1. The van der Waals surface area contributed by atoms with Crippen molar-refractivity contribution in [2.45, 2.75) is 53.0 Å². The van der Waals surface area contributed by atoms with Gasteiger partial charge >= 0.3 is 0 Å². The predicted molar refractivity (Wildman–Crippen MR) is 123 cm³/mol. The lowest BCUT2D eigenvalue weighted by Gasteiger charge is -2.46. The normalized spacial score (nSPS) is 18.9. The van der Waals surface area contributed by atoms with Crippen LogP contribution in [0.4, 0.5) is 5.95 Å². The third kappa shape index (κ3) is 3.58. The molecule has 0 bridgehead atoms. The van der Waals surface area contributed by atoms with E-state index in [1.807, 2.05) is 19.9 Å². The number of carbonyl (C=O) groups is 1. The van der Waals surface area contributed by atoms with Crippen LogP contribution in [0.2, 0.25) is 0 Å². The van der Waals surface area contributed by atoms with Crippen molar-refractivity contribution in [2.75, 3.05) is 24.5 Å². The summed E-state index contributed by atoms with van der Waals surface area (Å²) in [7, 11) is 0. The number of H-pyrrole nitrogens is 1. The van der Waals surface area contributed by atoms with E-state index >= 15 is 0 Å². The van der Waals surface area contributed by atoms with Crippen LogP contribution in [-0.4, -0.2) is 45.4 Å². The summed E-state index contributed by atoms with van der Waals surface area (Å²) in [6.45, 7) is 9.37. The second-order valence-electron chi connectivity index (χ2n) is 9.36. The molecule has 1 amide bonds. The minimum atomic E-state index is -0.227. The molecule has 0 saturated carbocycles. The first-order valence-corrected chi connectivity index (χ1v) is 11.4. The lowest BCUT2D eigenvalue weighted by atomic mass is 9.71. The molecular formula is C25H31N5O. The maximum absolute atomic E-state index is 13.6. The van der Waals surface area contributed by atoms with Gasteiger partial charge in [0.2, 0.25) is 11.9 Å². The molecular weight excluding hydrogens is 386 g/mol. The van der Waals surface area contributed by atoms with Crippen LogP contribution in [0, 0.1) is 26.2 Å². The van der Waals surface area contributed by atoms with Gasteiger partial charge in [0.15, 0.2) is 0 Å². The molecule has 0 aliphatic carbocycles. The van der Waals surface area contributed by atoms with E-state index in [2.05, 4.69) is 56.1 Å². The summed E-state index contributed by atoms with van der Waals surface area (Å²) in [5.41, 5.74) is 5.40. The molecule has 2 aliphatic rings. The topological polar surface area (TPSA) is 65.1 Å². The van der Waals surface area contributed by atoms with E-state index in [0.29, 0.717) is 12.5 Å². The van der Waals surface area contributed by atoms with Gasteiger partial charge in [-0.25, -0.2) is 9.97 Å². The van der Waals surface area contributed by atoms with Gasteiger partial charge in [-0.2, -0.15) is 0 Å². The predicted octanol–water partition coefficient (Wildman–Crippen LogP) is 4.29. The Hall–Kier alpha value is -2.89. The van der Waals surface area contributed by atoms with Crippen molar-refractivity contribution in [3.63, 3.8) is 0 Å². The number of para-hydroxylation sites is 1. The molecule has 0 unspecified atom stereocenters. The number of aromatic amines is 1. The number of fused-ring (bicyclic) bond motifs is 1. The maximum atomic E-state index is 13.6. The lowest BCUT2D eigenvalue weighted by Crippen LogP contribution is -2.53. The third-order valence-corrected chi connectivity index (χ3v) is 7.17. The molecule has 2 aliphatic heterocycles. The minimum absolute atomic E-state index is 0.227. The Morgan fingerprint density at radius 3 is 2.52 bits per heavy atom. The zero-order chi connectivity index (χ0) is 21.6. The van der Waals surface area contributed by atoms with Crippen molar-refractivity contribution in [2.24, 2.45) is 5.41 Å². The first kappa shape index (κ1) is 20.0. The molecule has 1 N–H and O–H groups in total. The summed E-state index contributed by atoms with van der Waals surface area (Å²) >= 11 is 0. The number of aryl methyl sites for hydroxylation is 3. The standard InChI is InChI=1S/C25H31N5O/c1-17-6-4-7-21-20(15-26-22(17)21)16-30-11-5-8-25(23(30)31)9-12-29(13-10-25)24-27-18(2)14-19(3)28-24/h4,6-7,14-15,26H,5,8-13,16H2,1-3H3. The molecule has 2 saturated heterocycles. The summed E-state index contributed by atoms with van der Waals surface area (Å²) in [4.78, 5) is 30.7. The first-order chi connectivity index (χ1) is 14.9. The molecule has 0 radical (unpaired) electrons. The highest BCUT2D eigenvalue weighted by Gasteiger charge is 2.46. The molecule has 31 heavy (non-hydrogen) atoms. The molecule has 4 heterocycles. The third-order valence-electron chi connectivity index (χ3n) is 7.17. The number of amides is 1. The van der Waals surface area contributed by atoms with E-state index in [0.717, 1.165) is 62.7 Å². The number of aromatic nitrogens is 3. The number of likely N-dealkylation sites (tertiary alicyclic amines) is 1. The van der Waals surface area contributed by atoms with E-state index < -0.39 is 0 Å². The van der Waals surface area contributed by atoms with Crippen LogP contribution in [0.3, 0.4) is 0 Å². The quantitative estimate of drug-likeness (QED) is 0.690. The molecule has 1 spiro atoms. The zero-order valence-corrected chi connectivity index (χ0v) is 18.7. The van der Waals surface area contributed by atoms with Gasteiger partial charge in [-0.05, 0) is 63.6 Å². The maximum Gasteiger partial charge on any atom is 0.229 e. The fourth-order valence-corrected chi connectivity index (χ4v) is 5.45. The average molecular weight is 418 g/mol. The van der Waals surface area contributed by atoms with Crippen LogP contribution in [0.1, 0.15) is 48.2 Å². The Kier molecular flexibility index (Phi) is 4.95. The van der Waals surface area contributed by atoms with Crippen LogP contribution in [0.5, 0.6) is 0 Å². The second kappa shape index (κ2) is 7.66. The van der Waals surface area contributed by atoms with Crippen molar-refractivity contribution in [3.05, 3.63) is 53.0 Å². The molecule has 5 rings (SSSR count). The smallest absolute Gasteiger partial charge is 0.229 e. The number of rotatable bonds is 3.